The molecule has 0 bridgehead atoms. The summed E-state index contributed by atoms with van der Waals surface area (Å²) in [7, 11) is 0. The number of nitrogens with zero attached hydrogens (tertiary/aromatic N) is 2. The maximum Gasteiger partial charge on any atom is 0.114 e. The highest BCUT2D eigenvalue weighted by Crippen LogP contribution is 2.44. The highest BCUT2D eigenvalue weighted by atomic mass is 15.1. The van der Waals surface area contributed by atoms with Gasteiger partial charge in [0.1, 0.15) is 5.82 Å². The number of rotatable bonds is 6. The normalized spacial score (nSPS) is 15.8. The molecule has 0 aliphatic rings. The molecular formula is C47H34N2. The Kier molecular flexibility index (Phi) is 4.52. The Morgan fingerprint density at radius 3 is 1.84 bits per heavy atom. The number of aryl methyl sites for hydroxylation is 1. The molecule has 2 heteroatoms. The Morgan fingerprint density at radius 2 is 1.12 bits per heavy atom. The number of aromatic nitrogens is 2. The second-order valence-electron chi connectivity index (χ2n) is 11.7. The smallest absolute Gasteiger partial charge is 0.114 e. The van der Waals surface area contributed by atoms with Crippen LogP contribution in [-0.2, 0) is 6.37 Å². The molecule has 0 saturated carbocycles. The summed E-state index contributed by atoms with van der Waals surface area (Å²) in [4.78, 5) is 4.48. The highest BCUT2D eigenvalue weighted by Gasteiger charge is 2.18. The molecule has 0 amide bonds. The van der Waals surface area contributed by atoms with E-state index in [1.807, 2.05) is 54.6 Å². The Labute approximate surface area is 304 Å². The lowest BCUT2D eigenvalue weighted by atomic mass is 9.85. The summed E-state index contributed by atoms with van der Waals surface area (Å²) in [6, 6.07) is 34.4. The first kappa shape index (κ1) is 18.3. The summed E-state index contributed by atoms with van der Waals surface area (Å²) in [6.45, 7) is -3.04. The van der Waals surface area contributed by atoms with Crippen LogP contribution in [-0.4, -0.2) is 9.55 Å². The molecule has 0 aliphatic carbocycles. The van der Waals surface area contributed by atoms with Crippen molar-refractivity contribution in [1.29, 1.82) is 0 Å². The van der Waals surface area contributed by atoms with Crippen molar-refractivity contribution >= 4 is 32.6 Å². The first-order valence-corrected chi connectivity index (χ1v) is 15.8. The van der Waals surface area contributed by atoms with E-state index < -0.39 is 37.4 Å². The summed E-state index contributed by atoms with van der Waals surface area (Å²) in [5, 5.41) is 0.379. The van der Waals surface area contributed by atoms with E-state index in [0.717, 1.165) is 11.1 Å². The molecule has 0 N–H and O–H groups in total. The van der Waals surface area contributed by atoms with E-state index >= 15 is 0 Å². The molecule has 49 heavy (non-hydrogen) atoms. The zero-order valence-electron chi connectivity index (χ0n) is 39.0. The molecule has 2 nitrogen and oxygen atoms in total. The van der Waals surface area contributed by atoms with Crippen molar-refractivity contribution in [1.82, 2.24) is 9.55 Å². The van der Waals surface area contributed by atoms with Crippen molar-refractivity contribution in [3.63, 3.8) is 0 Å². The number of fused-ring (bicyclic) bond motifs is 3. The minimum absolute atomic E-state index is 0.0863. The minimum atomic E-state index is -3.04. The third-order valence-corrected chi connectivity index (χ3v) is 8.94. The van der Waals surface area contributed by atoms with Gasteiger partial charge in [-0.15, -0.1) is 0 Å². The summed E-state index contributed by atoms with van der Waals surface area (Å²) in [5.74, 6) is -0.293. The molecule has 232 valence electrons. The molecule has 0 saturated heterocycles. The Bertz CT molecular complexity index is 3200. The van der Waals surface area contributed by atoms with Gasteiger partial charge in [0, 0.05) is 18.8 Å². The Morgan fingerprint density at radius 1 is 0.551 bits per heavy atom. The fourth-order valence-electron chi connectivity index (χ4n) is 6.77. The van der Waals surface area contributed by atoms with Gasteiger partial charge < -0.3 is 0 Å². The number of benzene rings is 8. The van der Waals surface area contributed by atoms with Crippen molar-refractivity contribution in [2.45, 2.75) is 13.2 Å². The third-order valence-electron chi connectivity index (χ3n) is 8.94. The predicted molar refractivity (Wildman–Crippen MR) is 207 cm³/mol. The van der Waals surface area contributed by atoms with Crippen LogP contribution in [0.15, 0.2) is 176 Å². The molecule has 0 unspecified atom stereocenters. The standard InChI is InChI=1S/C47H34N2/c1-2-45-48-42-24-11-13-26-44(42)49(45)43-25-12-10-19-37(43)33-27-29-34(30-28-33)46-38-20-6-8-22-40(38)47(41-23-9-7-21-39(41)46)36-18-14-17-35(31-36)32-15-4-3-5-16-32/h3-31H,2H2,1H3/i1D3,2D2,6D,7D,8D,9D,20D,21D,22D,23D. The van der Waals surface area contributed by atoms with Crippen molar-refractivity contribution < 1.29 is 17.8 Å². The van der Waals surface area contributed by atoms with Crippen LogP contribution >= 0.6 is 0 Å². The van der Waals surface area contributed by atoms with Gasteiger partial charge in [-0.3, -0.25) is 4.57 Å². The van der Waals surface area contributed by atoms with E-state index in [1.54, 1.807) is 72.8 Å². The van der Waals surface area contributed by atoms with E-state index in [9.17, 15) is 5.48 Å². The third kappa shape index (κ3) is 4.92. The lowest BCUT2D eigenvalue weighted by molar-refractivity contribution is 0.909. The van der Waals surface area contributed by atoms with Gasteiger partial charge in [0.2, 0.25) is 0 Å². The van der Waals surface area contributed by atoms with Gasteiger partial charge in [-0.1, -0.05) is 158 Å². The molecule has 0 fully saturated rings. The van der Waals surface area contributed by atoms with E-state index in [1.165, 1.54) is 4.57 Å². The van der Waals surface area contributed by atoms with E-state index in [2.05, 4.69) is 4.98 Å². The van der Waals surface area contributed by atoms with Crippen LogP contribution in [0.3, 0.4) is 0 Å². The first-order chi connectivity index (χ1) is 29.5. The molecule has 9 aromatic rings. The van der Waals surface area contributed by atoms with Gasteiger partial charge in [0.15, 0.2) is 0 Å². The van der Waals surface area contributed by atoms with Gasteiger partial charge in [-0.05, 0) is 84.8 Å². The van der Waals surface area contributed by atoms with Gasteiger partial charge in [0.25, 0.3) is 0 Å². The second kappa shape index (κ2) is 12.1. The van der Waals surface area contributed by atoms with Crippen LogP contribution in [0.1, 0.15) is 30.5 Å². The van der Waals surface area contributed by atoms with Crippen LogP contribution in [0, 0.1) is 0 Å². The Hall–Kier alpha value is -6.25. The monoisotopic (exact) mass is 639 g/mol. The fraction of sp³-hybridized carbons (Fsp3) is 0.0426. The van der Waals surface area contributed by atoms with Gasteiger partial charge in [-0.25, -0.2) is 4.98 Å². The zero-order valence-corrected chi connectivity index (χ0v) is 26.0. The molecule has 0 aliphatic heterocycles. The molecule has 0 atom stereocenters. The average molecular weight is 640 g/mol. The summed E-state index contributed by atoms with van der Waals surface area (Å²) in [5.41, 5.74) is 5.63. The number of para-hydroxylation sites is 3. The van der Waals surface area contributed by atoms with E-state index in [4.69, 9.17) is 12.3 Å². The SMILES string of the molecule is [2H]c1c([2H])c([2H])c2c(-c3cccc(-c4ccccc4)c3)c3c([2H])c([2H])c([2H])c([2H])c3c(-c3ccc(-c4ccccc4-n4c(C([2H])([2H])C([2H])([2H])[2H])nc5ccccc54)cc3)c2c1[2H]. The fourth-order valence-corrected chi connectivity index (χ4v) is 6.77. The van der Waals surface area contributed by atoms with Crippen molar-refractivity contribution in [2.75, 3.05) is 0 Å². The zero-order chi connectivity index (χ0) is 44.0. The molecule has 0 spiro atoms. The maximum atomic E-state index is 9.35. The summed E-state index contributed by atoms with van der Waals surface area (Å²) >= 11 is 0. The molecular weight excluding hydrogens is 593 g/mol. The largest absolute Gasteiger partial charge is 0.296 e. The topological polar surface area (TPSA) is 17.8 Å². The van der Waals surface area contributed by atoms with E-state index in [-0.39, 0.29) is 62.7 Å². The van der Waals surface area contributed by atoms with Crippen LogP contribution in [0.5, 0.6) is 0 Å². The van der Waals surface area contributed by atoms with Gasteiger partial charge in [-0.2, -0.15) is 0 Å². The Balaban J connectivity index is 1.33. The molecule has 1 heterocycles. The van der Waals surface area contributed by atoms with Gasteiger partial charge in [0.05, 0.1) is 27.7 Å². The van der Waals surface area contributed by atoms with Gasteiger partial charge >= 0.3 is 0 Å². The number of imidazole rings is 1. The lowest BCUT2D eigenvalue weighted by Crippen LogP contribution is -2.02. The van der Waals surface area contributed by atoms with Crippen LogP contribution in [0.25, 0.3) is 82.8 Å². The van der Waals surface area contributed by atoms with E-state index in [0.29, 0.717) is 39.0 Å². The first-order valence-electron chi connectivity index (χ1n) is 22.3. The van der Waals surface area contributed by atoms with Crippen LogP contribution in [0.4, 0.5) is 0 Å². The second-order valence-corrected chi connectivity index (χ2v) is 11.7. The average Bonchev–Trinajstić information content (AvgIpc) is 3.68. The molecule has 1 aromatic heterocycles. The minimum Gasteiger partial charge on any atom is -0.296 e. The maximum absolute atomic E-state index is 9.35. The molecule has 8 aromatic carbocycles. The summed E-state index contributed by atoms with van der Waals surface area (Å²) in [6.07, 6.45) is -2.83. The van der Waals surface area contributed by atoms with Crippen molar-refractivity contribution in [3.8, 4) is 50.2 Å². The number of hydrogen-bond donors (Lipinski definition) is 0. The summed E-state index contributed by atoms with van der Waals surface area (Å²) < 4.78 is 116. The van der Waals surface area contributed by atoms with Crippen LogP contribution < -0.4 is 0 Å². The lowest BCUT2D eigenvalue weighted by Gasteiger charge is -2.19. The highest BCUT2D eigenvalue weighted by molar-refractivity contribution is 6.21. The van der Waals surface area contributed by atoms with Crippen LogP contribution in [0.2, 0.25) is 0 Å². The predicted octanol–water partition coefficient (Wildman–Crippen LogP) is 12.6. The van der Waals surface area contributed by atoms with Crippen molar-refractivity contribution in [3.05, 3.63) is 182 Å². The number of hydrogen-bond acceptors (Lipinski definition) is 1. The molecule has 0 radical (unpaired) electrons. The molecule has 9 rings (SSSR count). The van der Waals surface area contributed by atoms with Crippen molar-refractivity contribution in [2.24, 2.45) is 0 Å². The quantitative estimate of drug-likeness (QED) is 0.166.